The van der Waals surface area contributed by atoms with E-state index in [-0.39, 0.29) is 5.91 Å². The lowest BCUT2D eigenvalue weighted by atomic mass is 9.90. The fourth-order valence-electron chi connectivity index (χ4n) is 1.86. The maximum atomic E-state index is 12.1. The second kappa shape index (κ2) is 4.48. The summed E-state index contributed by atoms with van der Waals surface area (Å²) in [5, 5.41) is 10.7. The molecule has 3 nitrogen and oxygen atoms in total. The van der Waals surface area contributed by atoms with Crippen molar-refractivity contribution in [2.45, 2.75) is 18.9 Å². The number of hydrogen-bond acceptors (Lipinski definition) is 2. The number of hydrogen-bond donors (Lipinski definition) is 1. The molecule has 0 unspecified atom stereocenters. The third kappa shape index (κ3) is 2.41. The monoisotopic (exact) mass is 273 g/mol. The van der Waals surface area contributed by atoms with Crippen molar-refractivity contribution in [1.29, 1.82) is 0 Å². The molecular weight excluding hydrogens is 261 g/mol. The third-order valence-corrected chi connectivity index (χ3v) is 3.63. The Morgan fingerprint density at radius 3 is 2.65 bits per heavy atom. The van der Waals surface area contributed by atoms with Crippen LogP contribution in [0.2, 0.25) is 10.0 Å². The van der Waals surface area contributed by atoms with Gasteiger partial charge >= 0.3 is 0 Å². The number of halogens is 2. The highest BCUT2D eigenvalue weighted by Gasteiger charge is 2.42. The quantitative estimate of drug-likeness (QED) is 0.900. The van der Waals surface area contributed by atoms with Gasteiger partial charge in [0.2, 0.25) is 0 Å². The summed E-state index contributed by atoms with van der Waals surface area (Å²) >= 11 is 11.7. The minimum absolute atomic E-state index is 0.162. The summed E-state index contributed by atoms with van der Waals surface area (Å²) in [4.78, 5) is 13.6. The Morgan fingerprint density at radius 2 is 2.12 bits per heavy atom. The molecular formula is C12H13Cl2NO2. The van der Waals surface area contributed by atoms with E-state index in [0.717, 1.165) is 0 Å². The van der Waals surface area contributed by atoms with E-state index in [2.05, 4.69) is 0 Å². The van der Waals surface area contributed by atoms with Gasteiger partial charge < -0.3 is 10.0 Å². The summed E-state index contributed by atoms with van der Waals surface area (Å²) in [5.41, 5.74) is -0.302. The van der Waals surface area contributed by atoms with Crippen molar-refractivity contribution in [3.8, 4) is 0 Å². The second-order valence-corrected chi connectivity index (χ2v) is 5.21. The number of carbonyl (C=O) groups excluding carboxylic acids is 1. The van der Waals surface area contributed by atoms with E-state index < -0.39 is 5.60 Å². The Hall–Kier alpha value is -0.770. The summed E-state index contributed by atoms with van der Waals surface area (Å²) in [7, 11) is 0. The molecule has 1 fully saturated rings. The van der Waals surface area contributed by atoms with Gasteiger partial charge in [-0.15, -0.1) is 0 Å². The van der Waals surface area contributed by atoms with Gasteiger partial charge in [-0.3, -0.25) is 4.79 Å². The summed E-state index contributed by atoms with van der Waals surface area (Å²) in [5.74, 6) is -0.162. The predicted octanol–water partition coefficient (Wildman–Crippen LogP) is 2.59. The first-order valence-corrected chi connectivity index (χ1v) is 6.17. The number of amides is 1. The zero-order valence-electron chi connectivity index (χ0n) is 9.41. The molecule has 5 heteroatoms. The van der Waals surface area contributed by atoms with E-state index in [1.54, 1.807) is 23.1 Å². The fraction of sp³-hybridized carbons (Fsp3) is 0.417. The van der Waals surface area contributed by atoms with Crippen molar-refractivity contribution >= 4 is 29.1 Å². The number of benzene rings is 1. The average Bonchev–Trinajstić information content (AvgIpc) is 2.24. The molecule has 2 rings (SSSR count). The lowest BCUT2D eigenvalue weighted by Gasteiger charge is -2.46. The molecule has 0 atom stereocenters. The van der Waals surface area contributed by atoms with Crippen LogP contribution in [0.15, 0.2) is 18.2 Å². The summed E-state index contributed by atoms with van der Waals surface area (Å²) in [6, 6.07) is 4.78. The van der Waals surface area contributed by atoms with Crippen molar-refractivity contribution in [2.75, 3.05) is 13.1 Å². The normalized spacial score (nSPS) is 17.8. The molecule has 1 aliphatic heterocycles. The Morgan fingerprint density at radius 1 is 1.47 bits per heavy atom. The molecule has 0 aromatic heterocycles. The first-order valence-electron chi connectivity index (χ1n) is 5.42. The van der Waals surface area contributed by atoms with Crippen molar-refractivity contribution in [1.82, 2.24) is 4.90 Å². The standard InChI is InChI=1S/C12H13Cl2NO2/c1-2-12(17)6-15(7-12)11(16)9-4-3-8(13)5-10(9)14/h3-5,17H,2,6-7H2,1H3. The second-order valence-electron chi connectivity index (χ2n) is 4.36. The van der Waals surface area contributed by atoms with Crippen LogP contribution in [0.4, 0.5) is 0 Å². The molecule has 0 bridgehead atoms. The van der Waals surface area contributed by atoms with Crippen LogP contribution >= 0.6 is 23.2 Å². The van der Waals surface area contributed by atoms with Crippen molar-refractivity contribution in [2.24, 2.45) is 0 Å². The Labute approximate surface area is 110 Å². The highest BCUT2D eigenvalue weighted by Crippen LogP contribution is 2.28. The third-order valence-electron chi connectivity index (χ3n) is 3.08. The van der Waals surface area contributed by atoms with Gasteiger partial charge in [0.25, 0.3) is 5.91 Å². The van der Waals surface area contributed by atoms with Crippen LogP contribution in [0.3, 0.4) is 0 Å². The number of carbonyl (C=O) groups is 1. The van der Waals surface area contributed by atoms with E-state index in [0.29, 0.717) is 35.1 Å². The molecule has 1 aliphatic rings. The fourth-order valence-corrected chi connectivity index (χ4v) is 2.35. The number of rotatable bonds is 2. The minimum Gasteiger partial charge on any atom is -0.386 e. The molecule has 1 aromatic rings. The zero-order valence-corrected chi connectivity index (χ0v) is 10.9. The molecule has 1 saturated heterocycles. The lowest BCUT2D eigenvalue weighted by molar-refractivity contribution is -0.0826. The number of aliphatic hydroxyl groups is 1. The summed E-state index contributed by atoms with van der Waals surface area (Å²) in [6.45, 7) is 2.62. The van der Waals surface area contributed by atoms with E-state index in [1.807, 2.05) is 6.92 Å². The van der Waals surface area contributed by atoms with Crippen LogP contribution in [-0.4, -0.2) is 34.6 Å². The topological polar surface area (TPSA) is 40.5 Å². The Balaban J connectivity index is 2.12. The van der Waals surface area contributed by atoms with Gasteiger partial charge in [-0.05, 0) is 24.6 Å². The minimum atomic E-state index is -0.728. The van der Waals surface area contributed by atoms with Crippen LogP contribution in [0.5, 0.6) is 0 Å². The molecule has 0 aliphatic carbocycles. The highest BCUT2D eigenvalue weighted by atomic mass is 35.5. The van der Waals surface area contributed by atoms with Gasteiger partial charge in [0.1, 0.15) is 0 Å². The predicted molar refractivity (Wildman–Crippen MR) is 67.6 cm³/mol. The van der Waals surface area contributed by atoms with Gasteiger partial charge in [-0.1, -0.05) is 30.1 Å². The molecule has 17 heavy (non-hydrogen) atoms. The maximum Gasteiger partial charge on any atom is 0.255 e. The van der Waals surface area contributed by atoms with Gasteiger partial charge in [-0.25, -0.2) is 0 Å². The molecule has 1 amide bonds. The van der Waals surface area contributed by atoms with E-state index in [9.17, 15) is 9.90 Å². The molecule has 0 spiro atoms. The number of β-amino-alcohol motifs (C(OH)–C–C–N with tert-alkyl or cyclic N) is 1. The van der Waals surface area contributed by atoms with Crippen molar-refractivity contribution in [3.63, 3.8) is 0 Å². The van der Waals surface area contributed by atoms with Crippen LogP contribution in [-0.2, 0) is 0 Å². The zero-order chi connectivity index (χ0) is 12.6. The molecule has 1 heterocycles. The molecule has 0 radical (unpaired) electrons. The van der Waals surface area contributed by atoms with Crippen LogP contribution in [0.25, 0.3) is 0 Å². The van der Waals surface area contributed by atoms with Crippen LogP contribution in [0, 0.1) is 0 Å². The van der Waals surface area contributed by atoms with E-state index in [1.165, 1.54) is 0 Å². The smallest absolute Gasteiger partial charge is 0.255 e. The van der Waals surface area contributed by atoms with Gasteiger partial charge in [-0.2, -0.15) is 0 Å². The Kier molecular flexibility index (Phi) is 3.34. The summed E-state index contributed by atoms with van der Waals surface area (Å²) in [6.07, 6.45) is 0.644. The lowest BCUT2D eigenvalue weighted by Crippen LogP contribution is -2.63. The van der Waals surface area contributed by atoms with E-state index in [4.69, 9.17) is 23.2 Å². The van der Waals surface area contributed by atoms with Crippen LogP contribution < -0.4 is 0 Å². The highest BCUT2D eigenvalue weighted by molar-refractivity contribution is 6.36. The number of likely N-dealkylation sites (tertiary alicyclic amines) is 1. The SMILES string of the molecule is CCC1(O)CN(C(=O)c2ccc(Cl)cc2Cl)C1. The first-order chi connectivity index (χ1) is 7.95. The van der Waals surface area contributed by atoms with E-state index >= 15 is 0 Å². The molecule has 1 aromatic carbocycles. The Bertz CT molecular complexity index is 456. The maximum absolute atomic E-state index is 12.1. The van der Waals surface area contributed by atoms with Crippen LogP contribution in [0.1, 0.15) is 23.7 Å². The molecule has 92 valence electrons. The first kappa shape index (κ1) is 12.7. The average molecular weight is 274 g/mol. The van der Waals surface area contributed by atoms with Gasteiger partial charge in [0.05, 0.1) is 29.3 Å². The molecule has 1 N–H and O–H groups in total. The number of nitrogens with zero attached hydrogens (tertiary/aromatic N) is 1. The molecule has 0 saturated carbocycles. The van der Waals surface area contributed by atoms with Gasteiger partial charge in [0.15, 0.2) is 0 Å². The van der Waals surface area contributed by atoms with Crippen molar-refractivity contribution < 1.29 is 9.90 Å². The van der Waals surface area contributed by atoms with Crippen molar-refractivity contribution in [3.05, 3.63) is 33.8 Å². The van der Waals surface area contributed by atoms with Gasteiger partial charge in [0, 0.05) is 5.02 Å². The summed E-state index contributed by atoms with van der Waals surface area (Å²) < 4.78 is 0. The largest absolute Gasteiger partial charge is 0.386 e.